The monoisotopic (exact) mass is 404 g/mol. The van der Waals surface area contributed by atoms with Gasteiger partial charge in [0, 0.05) is 24.4 Å². The molecule has 2 heterocycles. The van der Waals surface area contributed by atoms with Gasteiger partial charge < -0.3 is 10.1 Å². The lowest BCUT2D eigenvalue weighted by Gasteiger charge is -2.11. The number of rotatable bonds is 7. The van der Waals surface area contributed by atoms with Crippen molar-refractivity contribution < 1.29 is 13.9 Å². The van der Waals surface area contributed by atoms with Crippen LogP contribution in [0.3, 0.4) is 0 Å². The van der Waals surface area contributed by atoms with Gasteiger partial charge in [-0.05, 0) is 46.3 Å². The lowest BCUT2D eigenvalue weighted by atomic mass is 10.1. The maximum Gasteiger partial charge on any atom is 0.224 e. The normalized spacial score (nSPS) is 10.6. The van der Waals surface area contributed by atoms with Crippen molar-refractivity contribution in [1.29, 1.82) is 0 Å². The smallest absolute Gasteiger partial charge is 0.224 e. The zero-order chi connectivity index (χ0) is 20.8. The molecular formula is C21H17FN6O2. The van der Waals surface area contributed by atoms with E-state index in [0.29, 0.717) is 17.2 Å². The highest BCUT2D eigenvalue weighted by atomic mass is 19.1. The summed E-state index contributed by atoms with van der Waals surface area (Å²) < 4.78 is 20.6. The van der Waals surface area contributed by atoms with Gasteiger partial charge in [0.2, 0.25) is 11.8 Å². The fourth-order valence-corrected chi connectivity index (χ4v) is 2.78. The van der Waals surface area contributed by atoms with Crippen LogP contribution in [0.25, 0.3) is 5.69 Å². The van der Waals surface area contributed by atoms with E-state index in [2.05, 4.69) is 25.8 Å². The molecule has 2 aromatic heterocycles. The van der Waals surface area contributed by atoms with Crippen molar-refractivity contribution in [3.63, 3.8) is 0 Å². The molecule has 8 nitrogen and oxygen atoms in total. The highest BCUT2D eigenvalue weighted by Crippen LogP contribution is 2.23. The number of benzene rings is 2. The number of nitrogens with zero attached hydrogens (tertiary/aromatic N) is 5. The van der Waals surface area contributed by atoms with E-state index in [1.54, 1.807) is 30.5 Å². The summed E-state index contributed by atoms with van der Waals surface area (Å²) >= 11 is 0. The summed E-state index contributed by atoms with van der Waals surface area (Å²) in [6.07, 6.45) is 3.29. The standard InChI is InChI=1S/C21H17FN6O2/c22-17-4-1-5-19(12-17)30-21-16(3-2-10-23-21)13-24-20(29)11-15-6-8-18(9-7-15)28-14-25-26-27-28/h1-10,12,14H,11,13H2,(H,24,29). The minimum atomic E-state index is -0.399. The first-order valence-corrected chi connectivity index (χ1v) is 9.14. The van der Waals surface area contributed by atoms with Crippen LogP contribution >= 0.6 is 0 Å². The third-order valence-electron chi connectivity index (χ3n) is 4.25. The molecule has 0 aliphatic carbocycles. The van der Waals surface area contributed by atoms with Gasteiger partial charge >= 0.3 is 0 Å². The minimum absolute atomic E-state index is 0.147. The van der Waals surface area contributed by atoms with Gasteiger partial charge in [-0.15, -0.1) is 5.10 Å². The maximum absolute atomic E-state index is 13.4. The maximum atomic E-state index is 13.4. The van der Waals surface area contributed by atoms with Crippen LogP contribution < -0.4 is 10.1 Å². The Balaban J connectivity index is 1.36. The molecule has 30 heavy (non-hydrogen) atoms. The Labute approximate surface area is 171 Å². The van der Waals surface area contributed by atoms with Crippen LogP contribution in [-0.4, -0.2) is 31.1 Å². The van der Waals surface area contributed by atoms with Crippen LogP contribution in [0, 0.1) is 5.82 Å². The second-order valence-electron chi connectivity index (χ2n) is 6.40. The number of carbonyl (C=O) groups is 1. The van der Waals surface area contributed by atoms with E-state index in [1.165, 1.54) is 23.1 Å². The average molecular weight is 404 g/mol. The van der Waals surface area contributed by atoms with Crippen molar-refractivity contribution in [2.75, 3.05) is 0 Å². The number of carbonyl (C=O) groups excluding carboxylic acids is 1. The number of halogens is 1. The van der Waals surface area contributed by atoms with Gasteiger partial charge in [0.1, 0.15) is 17.9 Å². The highest BCUT2D eigenvalue weighted by molar-refractivity contribution is 5.78. The first kappa shape index (κ1) is 19.2. The Morgan fingerprint density at radius 1 is 1.10 bits per heavy atom. The number of tetrazole rings is 1. The number of hydrogen-bond acceptors (Lipinski definition) is 6. The molecule has 0 saturated carbocycles. The fraction of sp³-hybridized carbons (Fsp3) is 0.0952. The van der Waals surface area contributed by atoms with E-state index in [0.717, 1.165) is 11.3 Å². The van der Waals surface area contributed by atoms with Gasteiger partial charge in [-0.2, -0.15) is 0 Å². The van der Waals surface area contributed by atoms with E-state index < -0.39 is 5.82 Å². The van der Waals surface area contributed by atoms with Crippen LogP contribution in [0.1, 0.15) is 11.1 Å². The number of pyridine rings is 1. The second kappa shape index (κ2) is 8.91. The van der Waals surface area contributed by atoms with Crippen LogP contribution in [0.4, 0.5) is 4.39 Å². The fourth-order valence-electron chi connectivity index (χ4n) is 2.78. The summed E-state index contributed by atoms with van der Waals surface area (Å²) in [5.74, 6) is 0.105. The molecule has 150 valence electrons. The molecule has 4 aromatic rings. The second-order valence-corrected chi connectivity index (χ2v) is 6.40. The predicted octanol–water partition coefficient (Wildman–Crippen LogP) is 2.85. The Morgan fingerprint density at radius 3 is 2.73 bits per heavy atom. The zero-order valence-electron chi connectivity index (χ0n) is 15.8. The zero-order valence-corrected chi connectivity index (χ0v) is 15.8. The summed E-state index contributed by atoms with van der Waals surface area (Å²) in [6.45, 7) is 0.236. The molecule has 0 radical (unpaired) electrons. The molecule has 1 amide bonds. The van der Waals surface area contributed by atoms with Crippen LogP contribution in [-0.2, 0) is 17.8 Å². The largest absolute Gasteiger partial charge is 0.439 e. The molecule has 0 spiro atoms. The van der Waals surface area contributed by atoms with E-state index in [4.69, 9.17) is 4.74 Å². The topological polar surface area (TPSA) is 94.8 Å². The van der Waals surface area contributed by atoms with Crippen molar-refractivity contribution in [3.05, 3.63) is 90.1 Å². The number of amides is 1. The summed E-state index contributed by atoms with van der Waals surface area (Å²) in [4.78, 5) is 16.5. The SMILES string of the molecule is O=C(Cc1ccc(-n2cnnn2)cc1)NCc1cccnc1Oc1cccc(F)c1. The molecule has 2 aromatic carbocycles. The third-order valence-corrected chi connectivity index (χ3v) is 4.25. The Bertz CT molecular complexity index is 1130. The van der Waals surface area contributed by atoms with Crippen LogP contribution in [0.15, 0.2) is 73.2 Å². The van der Waals surface area contributed by atoms with E-state index in [-0.39, 0.29) is 18.9 Å². The first-order valence-electron chi connectivity index (χ1n) is 9.14. The average Bonchev–Trinajstić information content (AvgIpc) is 3.29. The molecule has 0 aliphatic rings. The van der Waals surface area contributed by atoms with Gasteiger partial charge in [0.25, 0.3) is 0 Å². The molecule has 9 heteroatoms. The molecule has 0 aliphatic heterocycles. The van der Waals surface area contributed by atoms with E-state index in [1.807, 2.05) is 24.3 Å². The Kier molecular flexibility index (Phi) is 5.70. The van der Waals surface area contributed by atoms with E-state index in [9.17, 15) is 9.18 Å². The van der Waals surface area contributed by atoms with Gasteiger partial charge in [-0.25, -0.2) is 14.1 Å². The van der Waals surface area contributed by atoms with Gasteiger partial charge in [0.05, 0.1) is 12.1 Å². The quantitative estimate of drug-likeness (QED) is 0.509. The number of aromatic nitrogens is 5. The molecule has 0 saturated heterocycles. The van der Waals surface area contributed by atoms with Crippen LogP contribution in [0.5, 0.6) is 11.6 Å². The highest BCUT2D eigenvalue weighted by Gasteiger charge is 2.10. The van der Waals surface area contributed by atoms with Crippen molar-refractivity contribution in [2.24, 2.45) is 0 Å². The summed E-state index contributed by atoms with van der Waals surface area (Å²) in [6, 6.07) is 16.7. The lowest BCUT2D eigenvalue weighted by Crippen LogP contribution is -2.24. The van der Waals surface area contributed by atoms with Crippen molar-refractivity contribution in [1.82, 2.24) is 30.5 Å². The van der Waals surface area contributed by atoms with Crippen LogP contribution in [0.2, 0.25) is 0 Å². The van der Waals surface area contributed by atoms with Crippen molar-refractivity contribution in [3.8, 4) is 17.3 Å². The molecule has 1 N–H and O–H groups in total. The van der Waals surface area contributed by atoms with Gasteiger partial charge in [0.15, 0.2) is 0 Å². The Morgan fingerprint density at radius 2 is 1.97 bits per heavy atom. The summed E-state index contributed by atoms with van der Waals surface area (Å²) in [5, 5.41) is 13.9. The molecule has 0 atom stereocenters. The molecule has 4 rings (SSSR count). The van der Waals surface area contributed by atoms with Crippen molar-refractivity contribution in [2.45, 2.75) is 13.0 Å². The molecule has 0 unspecified atom stereocenters. The summed E-state index contributed by atoms with van der Waals surface area (Å²) in [7, 11) is 0. The molecule has 0 fully saturated rings. The van der Waals surface area contributed by atoms with Gasteiger partial charge in [-0.3, -0.25) is 4.79 Å². The van der Waals surface area contributed by atoms with E-state index >= 15 is 0 Å². The third kappa shape index (κ3) is 4.82. The van der Waals surface area contributed by atoms with Crippen molar-refractivity contribution >= 4 is 5.91 Å². The van der Waals surface area contributed by atoms with Gasteiger partial charge in [-0.1, -0.05) is 24.3 Å². The lowest BCUT2D eigenvalue weighted by molar-refractivity contribution is -0.120. The predicted molar refractivity (Wildman–Crippen MR) is 105 cm³/mol. The summed E-state index contributed by atoms with van der Waals surface area (Å²) in [5.41, 5.74) is 2.34. The Hall–Kier alpha value is -4.14. The molecule has 0 bridgehead atoms. The first-order chi connectivity index (χ1) is 14.7. The number of nitrogens with one attached hydrogen (secondary N) is 1. The number of ether oxygens (including phenoxy) is 1. The molecular weight excluding hydrogens is 387 g/mol. The number of hydrogen-bond donors (Lipinski definition) is 1. The minimum Gasteiger partial charge on any atom is -0.439 e.